The fourth-order valence-corrected chi connectivity index (χ4v) is 3.98. The van der Waals surface area contributed by atoms with E-state index in [-0.39, 0.29) is 17.5 Å². The van der Waals surface area contributed by atoms with E-state index in [9.17, 15) is 9.59 Å². The Labute approximate surface area is 170 Å². The van der Waals surface area contributed by atoms with E-state index in [0.717, 1.165) is 28.8 Å². The maximum absolute atomic E-state index is 12.7. The SMILES string of the molecule is Cn1nc(C2CCN(C(=O)c3cncc(Br)c3)CC2)n(-c2ccccc2)c1=O. The third-order valence-electron chi connectivity index (χ3n) is 5.06. The number of hydrogen-bond donors (Lipinski definition) is 0. The van der Waals surface area contributed by atoms with Crippen LogP contribution in [-0.4, -0.2) is 43.2 Å². The third kappa shape index (κ3) is 3.52. The van der Waals surface area contributed by atoms with Gasteiger partial charge in [-0.05, 0) is 47.0 Å². The highest BCUT2D eigenvalue weighted by atomic mass is 79.9. The molecule has 0 spiro atoms. The summed E-state index contributed by atoms with van der Waals surface area (Å²) in [4.78, 5) is 31.3. The topological polar surface area (TPSA) is 73.0 Å². The molecule has 1 aromatic carbocycles. The number of piperidine rings is 1. The summed E-state index contributed by atoms with van der Waals surface area (Å²) in [6.45, 7) is 1.24. The van der Waals surface area contributed by atoms with Crippen molar-refractivity contribution in [2.24, 2.45) is 7.05 Å². The van der Waals surface area contributed by atoms with Crippen molar-refractivity contribution in [3.8, 4) is 5.69 Å². The van der Waals surface area contributed by atoms with E-state index in [1.807, 2.05) is 35.2 Å². The predicted molar refractivity (Wildman–Crippen MR) is 109 cm³/mol. The van der Waals surface area contributed by atoms with Crippen molar-refractivity contribution >= 4 is 21.8 Å². The quantitative estimate of drug-likeness (QED) is 0.626. The van der Waals surface area contributed by atoms with Gasteiger partial charge in [0.05, 0.1) is 11.3 Å². The van der Waals surface area contributed by atoms with Crippen LogP contribution in [-0.2, 0) is 7.05 Å². The summed E-state index contributed by atoms with van der Waals surface area (Å²) >= 11 is 3.36. The first-order valence-electron chi connectivity index (χ1n) is 9.16. The highest BCUT2D eigenvalue weighted by Gasteiger charge is 2.29. The molecule has 1 aliphatic rings. The molecule has 0 bridgehead atoms. The van der Waals surface area contributed by atoms with E-state index < -0.39 is 0 Å². The smallest absolute Gasteiger partial charge is 0.339 e. The number of nitrogens with zero attached hydrogens (tertiary/aromatic N) is 5. The maximum atomic E-state index is 12.7. The Hall–Kier alpha value is -2.74. The van der Waals surface area contributed by atoms with Gasteiger partial charge in [0.25, 0.3) is 5.91 Å². The number of aromatic nitrogens is 4. The first-order valence-corrected chi connectivity index (χ1v) is 9.95. The molecular weight excluding hydrogens is 422 g/mol. The fraction of sp³-hybridized carbons (Fsp3) is 0.300. The number of amides is 1. The van der Waals surface area contributed by atoms with Gasteiger partial charge in [0.1, 0.15) is 5.82 Å². The van der Waals surface area contributed by atoms with Gasteiger partial charge in [-0.3, -0.25) is 9.78 Å². The largest absolute Gasteiger partial charge is 0.350 e. The van der Waals surface area contributed by atoms with Crippen molar-refractivity contribution in [1.82, 2.24) is 24.2 Å². The van der Waals surface area contributed by atoms with Crippen LogP contribution in [0.5, 0.6) is 0 Å². The number of halogens is 1. The number of likely N-dealkylation sites (tertiary alicyclic amines) is 1. The average molecular weight is 442 g/mol. The number of rotatable bonds is 3. The summed E-state index contributed by atoms with van der Waals surface area (Å²) in [6.07, 6.45) is 4.77. The molecule has 4 rings (SSSR count). The van der Waals surface area contributed by atoms with Crippen molar-refractivity contribution in [3.05, 3.63) is 75.1 Å². The van der Waals surface area contributed by atoms with Crippen molar-refractivity contribution in [3.63, 3.8) is 0 Å². The highest BCUT2D eigenvalue weighted by Crippen LogP contribution is 2.28. The zero-order chi connectivity index (χ0) is 19.7. The number of para-hydroxylation sites is 1. The van der Waals surface area contributed by atoms with Crippen LogP contribution in [0.25, 0.3) is 5.69 Å². The van der Waals surface area contributed by atoms with E-state index in [0.29, 0.717) is 18.7 Å². The minimum Gasteiger partial charge on any atom is -0.339 e. The summed E-state index contributed by atoms with van der Waals surface area (Å²) in [5, 5.41) is 4.50. The monoisotopic (exact) mass is 441 g/mol. The van der Waals surface area contributed by atoms with Crippen molar-refractivity contribution in [1.29, 1.82) is 0 Å². The molecule has 0 radical (unpaired) electrons. The maximum Gasteiger partial charge on any atom is 0.350 e. The van der Waals surface area contributed by atoms with Crippen molar-refractivity contribution < 1.29 is 4.79 Å². The summed E-state index contributed by atoms with van der Waals surface area (Å²) in [5.74, 6) is 0.863. The molecule has 0 N–H and O–H groups in total. The highest BCUT2D eigenvalue weighted by molar-refractivity contribution is 9.10. The summed E-state index contributed by atoms with van der Waals surface area (Å²) in [5.41, 5.74) is 1.24. The lowest BCUT2D eigenvalue weighted by Gasteiger charge is -2.31. The molecule has 3 aromatic rings. The van der Waals surface area contributed by atoms with Gasteiger partial charge < -0.3 is 4.90 Å². The number of benzene rings is 1. The van der Waals surface area contributed by atoms with Gasteiger partial charge >= 0.3 is 5.69 Å². The predicted octanol–water partition coefficient (Wildman–Crippen LogP) is 2.75. The van der Waals surface area contributed by atoms with E-state index in [4.69, 9.17) is 0 Å². The van der Waals surface area contributed by atoms with Crippen LogP contribution in [0.2, 0.25) is 0 Å². The van der Waals surface area contributed by atoms with Gasteiger partial charge in [-0.25, -0.2) is 14.0 Å². The van der Waals surface area contributed by atoms with Crippen LogP contribution in [0, 0.1) is 0 Å². The molecule has 7 nitrogen and oxygen atoms in total. The molecule has 1 amide bonds. The Kier molecular flexibility index (Phi) is 5.13. The van der Waals surface area contributed by atoms with Gasteiger partial charge in [0.2, 0.25) is 0 Å². The molecular formula is C20H20BrN5O2. The van der Waals surface area contributed by atoms with Gasteiger partial charge in [0, 0.05) is 42.9 Å². The molecule has 1 fully saturated rings. The average Bonchev–Trinajstić information content (AvgIpc) is 3.03. The lowest BCUT2D eigenvalue weighted by Crippen LogP contribution is -2.38. The lowest BCUT2D eigenvalue weighted by molar-refractivity contribution is 0.0710. The van der Waals surface area contributed by atoms with E-state index in [1.165, 1.54) is 4.68 Å². The standard InChI is InChI=1S/C20H20BrN5O2/c1-24-20(28)26(17-5-3-2-4-6-17)18(23-24)14-7-9-25(10-8-14)19(27)15-11-16(21)13-22-12-15/h2-6,11-14H,7-10H2,1H3. The zero-order valence-electron chi connectivity index (χ0n) is 15.5. The minimum atomic E-state index is -0.153. The lowest BCUT2D eigenvalue weighted by atomic mass is 9.95. The second-order valence-corrected chi connectivity index (χ2v) is 7.81. The van der Waals surface area contributed by atoms with Crippen LogP contribution < -0.4 is 5.69 Å². The van der Waals surface area contributed by atoms with E-state index >= 15 is 0 Å². The Morgan fingerprint density at radius 3 is 2.54 bits per heavy atom. The molecule has 8 heteroatoms. The Morgan fingerprint density at radius 1 is 1.14 bits per heavy atom. The molecule has 0 saturated carbocycles. The van der Waals surface area contributed by atoms with Crippen LogP contribution >= 0.6 is 15.9 Å². The Balaban J connectivity index is 1.54. The van der Waals surface area contributed by atoms with Crippen LogP contribution in [0.1, 0.15) is 34.9 Å². The molecule has 0 atom stereocenters. The van der Waals surface area contributed by atoms with Gasteiger partial charge in [-0.15, -0.1) is 0 Å². The number of aryl methyl sites for hydroxylation is 1. The summed E-state index contributed by atoms with van der Waals surface area (Å²) in [6, 6.07) is 11.3. The van der Waals surface area contributed by atoms with Crippen LogP contribution in [0.3, 0.4) is 0 Å². The molecule has 28 heavy (non-hydrogen) atoms. The Bertz CT molecular complexity index is 1050. The zero-order valence-corrected chi connectivity index (χ0v) is 17.0. The number of carbonyl (C=O) groups excluding carboxylic acids is 1. The third-order valence-corrected chi connectivity index (χ3v) is 5.50. The molecule has 0 aliphatic carbocycles. The van der Waals surface area contributed by atoms with Crippen molar-refractivity contribution in [2.75, 3.05) is 13.1 Å². The minimum absolute atomic E-state index is 0.0197. The number of carbonyl (C=O) groups is 1. The second kappa shape index (κ2) is 7.71. The molecule has 1 aliphatic heterocycles. The van der Waals surface area contributed by atoms with Crippen LogP contribution in [0.4, 0.5) is 0 Å². The molecule has 3 heterocycles. The molecule has 1 saturated heterocycles. The molecule has 144 valence electrons. The van der Waals surface area contributed by atoms with E-state index in [2.05, 4.69) is 26.0 Å². The van der Waals surface area contributed by atoms with Gasteiger partial charge in [-0.2, -0.15) is 5.10 Å². The number of pyridine rings is 1. The molecule has 2 aromatic heterocycles. The summed E-state index contributed by atoms with van der Waals surface area (Å²) < 4.78 is 3.85. The van der Waals surface area contributed by atoms with E-state index in [1.54, 1.807) is 30.1 Å². The Morgan fingerprint density at radius 2 is 1.86 bits per heavy atom. The summed E-state index contributed by atoms with van der Waals surface area (Å²) in [7, 11) is 1.67. The fourth-order valence-electron chi connectivity index (χ4n) is 3.62. The van der Waals surface area contributed by atoms with Gasteiger partial charge in [0.15, 0.2) is 0 Å². The first kappa shape index (κ1) is 18.6. The van der Waals surface area contributed by atoms with Crippen LogP contribution in [0.15, 0.2) is 58.1 Å². The normalized spacial score (nSPS) is 15.0. The number of hydrogen-bond acceptors (Lipinski definition) is 4. The second-order valence-electron chi connectivity index (χ2n) is 6.89. The molecule has 0 unspecified atom stereocenters. The van der Waals surface area contributed by atoms with Crippen molar-refractivity contribution in [2.45, 2.75) is 18.8 Å². The first-order chi connectivity index (χ1) is 13.5. The van der Waals surface area contributed by atoms with Gasteiger partial charge in [-0.1, -0.05) is 18.2 Å².